The maximum atomic E-state index is 11.5. The second-order valence-corrected chi connectivity index (χ2v) is 9.52. The van der Waals surface area contributed by atoms with Crippen LogP contribution in [0.4, 0.5) is 0 Å². The molecule has 0 spiro atoms. The van der Waals surface area contributed by atoms with E-state index in [2.05, 4.69) is 61.3 Å². The van der Waals surface area contributed by atoms with Gasteiger partial charge in [0.25, 0.3) is 0 Å². The van der Waals surface area contributed by atoms with Gasteiger partial charge >= 0.3 is 11.4 Å². The monoisotopic (exact) mass is 505 g/mol. The van der Waals surface area contributed by atoms with Crippen LogP contribution in [0.1, 0.15) is 34.4 Å². The lowest BCUT2D eigenvalue weighted by Crippen LogP contribution is -1.99. The topological polar surface area (TPSA) is 119 Å². The summed E-state index contributed by atoms with van der Waals surface area (Å²) in [5.41, 5.74) is 8.22. The lowest BCUT2D eigenvalue weighted by atomic mass is 10.0. The van der Waals surface area contributed by atoms with Crippen molar-refractivity contribution in [3.63, 3.8) is 0 Å². The van der Waals surface area contributed by atoms with Crippen LogP contribution in [0.3, 0.4) is 0 Å². The SMILES string of the molecule is O=c1[nH]c2ccc(Cc3ccc(OCc4cccc(CCCc5ccc6[nH]c(=O)[nH]c6n5)c4)cc3)cc2[nH]1. The zero-order chi connectivity index (χ0) is 25.9. The Labute approximate surface area is 217 Å². The van der Waals surface area contributed by atoms with Gasteiger partial charge in [-0.1, -0.05) is 42.5 Å². The third-order valence-corrected chi connectivity index (χ3v) is 6.64. The standard InChI is InChI=1S/C30H27N5O3/c36-29-32-25-13-9-21(17-27(25)34-29)15-20-7-11-24(12-8-20)38-18-22-5-1-3-19(16-22)4-2-6-23-10-14-26-28(31-23)35-30(37)33-26/h1,3,5,7-14,16-17H,2,4,6,15,18H2,(H2,32,34,36)(H2,31,33,35,37). The van der Waals surface area contributed by atoms with Crippen LogP contribution in [0.5, 0.6) is 5.75 Å². The normalized spacial score (nSPS) is 11.4. The Kier molecular flexibility index (Phi) is 6.35. The third-order valence-electron chi connectivity index (χ3n) is 6.64. The Hall–Kier alpha value is -4.85. The molecular formula is C30H27N5O3. The van der Waals surface area contributed by atoms with Crippen LogP contribution in [-0.2, 0) is 25.9 Å². The van der Waals surface area contributed by atoms with Gasteiger partial charge in [-0.2, -0.15) is 0 Å². The molecule has 190 valence electrons. The Morgan fingerprint density at radius 2 is 1.37 bits per heavy atom. The van der Waals surface area contributed by atoms with E-state index in [-0.39, 0.29) is 11.4 Å². The molecule has 3 aromatic heterocycles. The largest absolute Gasteiger partial charge is 0.489 e. The van der Waals surface area contributed by atoms with Gasteiger partial charge in [0.15, 0.2) is 5.65 Å². The van der Waals surface area contributed by atoms with E-state index in [1.807, 2.05) is 42.5 Å². The first kappa shape index (κ1) is 23.5. The molecule has 0 amide bonds. The zero-order valence-electron chi connectivity index (χ0n) is 20.7. The van der Waals surface area contributed by atoms with E-state index in [1.165, 1.54) is 11.1 Å². The second-order valence-electron chi connectivity index (χ2n) is 9.52. The van der Waals surface area contributed by atoms with E-state index in [4.69, 9.17) is 4.74 Å². The van der Waals surface area contributed by atoms with Crippen molar-refractivity contribution < 1.29 is 4.74 Å². The van der Waals surface area contributed by atoms with E-state index >= 15 is 0 Å². The number of rotatable bonds is 9. The number of aromatic amines is 4. The molecule has 8 heteroatoms. The highest BCUT2D eigenvalue weighted by molar-refractivity contribution is 5.75. The van der Waals surface area contributed by atoms with Crippen LogP contribution in [-0.4, -0.2) is 24.9 Å². The number of fused-ring (bicyclic) bond motifs is 2. The average molecular weight is 506 g/mol. The van der Waals surface area contributed by atoms with Crippen molar-refractivity contribution in [2.24, 2.45) is 0 Å². The number of imidazole rings is 2. The van der Waals surface area contributed by atoms with Crippen molar-refractivity contribution in [3.8, 4) is 5.75 Å². The zero-order valence-corrected chi connectivity index (χ0v) is 20.7. The first-order valence-corrected chi connectivity index (χ1v) is 12.7. The molecule has 0 aliphatic carbocycles. The molecule has 0 saturated carbocycles. The highest BCUT2D eigenvalue weighted by Gasteiger charge is 2.05. The van der Waals surface area contributed by atoms with Gasteiger partial charge in [-0.25, -0.2) is 14.6 Å². The summed E-state index contributed by atoms with van der Waals surface area (Å²) in [5.74, 6) is 0.828. The number of hydrogen-bond donors (Lipinski definition) is 4. The van der Waals surface area contributed by atoms with E-state index in [1.54, 1.807) is 0 Å². The smallest absolute Gasteiger partial charge is 0.325 e. The van der Waals surface area contributed by atoms with Gasteiger partial charge in [-0.05, 0) is 84.3 Å². The van der Waals surface area contributed by atoms with Crippen LogP contribution in [0.15, 0.2) is 88.5 Å². The Bertz CT molecular complexity index is 1830. The summed E-state index contributed by atoms with van der Waals surface area (Å²) in [7, 11) is 0. The van der Waals surface area contributed by atoms with Crippen LogP contribution < -0.4 is 16.1 Å². The van der Waals surface area contributed by atoms with Gasteiger partial charge in [0, 0.05) is 5.69 Å². The molecule has 3 aromatic carbocycles. The molecule has 0 radical (unpaired) electrons. The Morgan fingerprint density at radius 1 is 0.632 bits per heavy atom. The molecule has 0 unspecified atom stereocenters. The minimum Gasteiger partial charge on any atom is -0.489 e. The molecule has 6 aromatic rings. The summed E-state index contributed by atoms with van der Waals surface area (Å²) in [6, 6.07) is 26.4. The third kappa shape index (κ3) is 5.44. The lowest BCUT2D eigenvalue weighted by Gasteiger charge is -2.09. The van der Waals surface area contributed by atoms with Crippen molar-refractivity contribution in [1.82, 2.24) is 24.9 Å². The van der Waals surface area contributed by atoms with E-state index in [0.717, 1.165) is 64.8 Å². The number of benzene rings is 3. The summed E-state index contributed by atoms with van der Waals surface area (Å²) in [4.78, 5) is 38.4. The minimum atomic E-state index is -0.232. The number of nitrogens with zero attached hydrogens (tertiary/aromatic N) is 1. The molecule has 3 heterocycles. The van der Waals surface area contributed by atoms with E-state index in [0.29, 0.717) is 12.3 Å². The molecule has 6 rings (SSSR count). The number of H-pyrrole nitrogens is 4. The first-order valence-electron chi connectivity index (χ1n) is 12.7. The van der Waals surface area contributed by atoms with Gasteiger partial charge in [0.2, 0.25) is 0 Å². The van der Waals surface area contributed by atoms with Gasteiger partial charge < -0.3 is 19.7 Å². The number of hydrogen-bond acceptors (Lipinski definition) is 4. The van der Waals surface area contributed by atoms with Crippen molar-refractivity contribution in [1.29, 1.82) is 0 Å². The average Bonchev–Trinajstić information content (AvgIpc) is 3.48. The van der Waals surface area contributed by atoms with Crippen LogP contribution in [0.2, 0.25) is 0 Å². The molecule has 0 atom stereocenters. The maximum Gasteiger partial charge on any atom is 0.325 e. The molecular weight excluding hydrogens is 478 g/mol. The first-order chi connectivity index (χ1) is 18.6. The van der Waals surface area contributed by atoms with Crippen molar-refractivity contribution in [2.75, 3.05) is 0 Å². The molecule has 0 fully saturated rings. The molecule has 38 heavy (non-hydrogen) atoms. The van der Waals surface area contributed by atoms with Gasteiger partial charge in [-0.15, -0.1) is 0 Å². The van der Waals surface area contributed by atoms with Crippen molar-refractivity contribution >= 4 is 22.2 Å². The Balaban J connectivity index is 1.01. The summed E-state index contributed by atoms with van der Waals surface area (Å²) < 4.78 is 6.04. The predicted molar refractivity (Wildman–Crippen MR) is 148 cm³/mol. The fourth-order valence-corrected chi connectivity index (χ4v) is 4.74. The molecule has 4 N–H and O–H groups in total. The van der Waals surface area contributed by atoms with E-state index < -0.39 is 0 Å². The molecule has 0 aliphatic rings. The van der Waals surface area contributed by atoms with E-state index in [9.17, 15) is 9.59 Å². The molecule has 0 bridgehead atoms. The quantitative estimate of drug-likeness (QED) is 0.226. The number of ether oxygens (including phenoxy) is 1. The highest BCUT2D eigenvalue weighted by Crippen LogP contribution is 2.19. The summed E-state index contributed by atoms with van der Waals surface area (Å²) in [5, 5.41) is 0. The fourth-order valence-electron chi connectivity index (χ4n) is 4.74. The fraction of sp³-hybridized carbons (Fsp3) is 0.167. The second kappa shape index (κ2) is 10.3. The van der Waals surface area contributed by atoms with Crippen LogP contribution in [0, 0.1) is 0 Å². The number of aryl methyl sites for hydroxylation is 2. The number of aromatic nitrogens is 5. The van der Waals surface area contributed by atoms with Crippen LogP contribution in [0.25, 0.3) is 22.2 Å². The maximum absolute atomic E-state index is 11.5. The lowest BCUT2D eigenvalue weighted by molar-refractivity contribution is 0.306. The summed E-state index contributed by atoms with van der Waals surface area (Å²) >= 11 is 0. The minimum absolute atomic E-state index is 0.188. The molecule has 0 aliphatic heterocycles. The van der Waals surface area contributed by atoms with Crippen molar-refractivity contribution in [2.45, 2.75) is 32.3 Å². The number of nitrogens with one attached hydrogen (secondary N) is 4. The predicted octanol–water partition coefficient (Wildman–Crippen LogP) is 4.77. The molecule has 0 saturated heterocycles. The number of pyridine rings is 1. The summed E-state index contributed by atoms with van der Waals surface area (Å²) in [6.45, 7) is 0.504. The molecule has 8 nitrogen and oxygen atoms in total. The Morgan fingerprint density at radius 3 is 2.26 bits per heavy atom. The van der Waals surface area contributed by atoms with Gasteiger partial charge in [-0.3, -0.25) is 4.98 Å². The van der Waals surface area contributed by atoms with Crippen LogP contribution >= 0.6 is 0 Å². The van der Waals surface area contributed by atoms with Crippen molar-refractivity contribution in [3.05, 3.63) is 128 Å². The highest BCUT2D eigenvalue weighted by atomic mass is 16.5. The van der Waals surface area contributed by atoms with Gasteiger partial charge in [0.05, 0.1) is 16.6 Å². The van der Waals surface area contributed by atoms with Gasteiger partial charge in [0.1, 0.15) is 12.4 Å². The summed E-state index contributed by atoms with van der Waals surface area (Å²) in [6.07, 6.45) is 3.52.